The first-order chi connectivity index (χ1) is 19.1. The van der Waals surface area contributed by atoms with E-state index in [-0.39, 0.29) is 23.8 Å². The molecule has 0 spiro atoms. The van der Waals surface area contributed by atoms with Gasteiger partial charge in [-0.1, -0.05) is 103 Å². The summed E-state index contributed by atoms with van der Waals surface area (Å²) in [5, 5.41) is 3.24. The molecule has 4 aromatic rings. The predicted octanol–water partition coefficient (Wildman–Crippen LogP) is 6.61. The molecule has 39 heavy (non-hydrogen) atoms. The molecule has 0 aromatic heterocycles. The van der Waals surface area contributed by atoms with E-state index >= 15 is 0 Å². The van der Waals surface area contributed by atoms with E-state index in [1.807, 2.05) is 36.4 Å². The van der Waals surface area contributed by atoms with Crippen LogP contribution in [0.1, 0.15) is 63.6 Å². The van der Waals surface area contributed by atoms with Gasteiger partial charge in [0.2, 0.25) is 5.91 Å². The Morgan fingerprint density at radius 1 is 0.641 bits per heavy atom. The summed E-state index contributed by atoms with van der Waals surface area (Å²) in [7, 11) is 0. The van der Waals surface area contributed by atoms with Crippen molar-refractivity contribution in [3.05, 3.63) is 131 Å². The number of nitrogens with one attached hydrogen (secondary N) is 1. The first kappa shape index (κ1) is 26.1. The monoisotopic (exact) mass is 516 g/mol. The van der Waals surface area contributed by atoms with E-state index in [0.717, 1.165) is 28.7 Å². The van der Waals surface area contributed by atoms with E-state index in [4.69, 9.17) is 0 Å². The van der Waals surface area contributed by atoms with Gasteiger partial charge in [-0.25, -0.2) is 0 Å². The molecule has 5 rings (SSSR count). The Hall–Kier alpha value is -4.51. The molecule has 0 fully saturated rings. The van der Waals surface area contributed by atoms with Crippen molar-refractivity contribution in [3.63, 3.8) is 0 Å². The number of nitrogens with zero attached hydrogens (tertiary/aromatic N) is 1. The van der Waals surface area contributed by atoms with Crippen molar-refractivity contribution in [1.29, 1.82) is 0 Å². The fourth-order valence-electron chi connectivity index (χ4n) is 5.08. The predicted molar refractivity (Wildman–Crippen MR) is 153 cm³/mol. The number of carbonyl (C=O) groups excluding carboxylic acids is 3. The van der Waals surface area contributed by atoms with Crippen molar-refractivity contribution in [2.45, 2.75) is 38.1 Å². The average molecular weight is 517 g/mol. The molecule has 0 saturated carbocycles. The molecular formula is C34H32N2O3. The topological polar surface area (TPSA) is 66.5 Å². The SMILES string of the molecule is O=C(CCCCCN1C(=O)c2ccccc2C1=O)N[C@H](Cc1ccccc1)c1ccc(-c2ccccc2)cc1. The minimum absolute atomic E-state index is 0.00352. The van der Waals surface area contributed by atoms with Crippen molar-refractivity contribution in [2.24, 2.45) is 0 Å². The van der Waals surface area contributed by atoms with Gasteiger partial charge in [-0.3, -0.25) is 19.3 Å². The third-order valence-electron chi connectivity index (χ3n) is 7.20. The first-order valence-electron chi connectivity index (χ1n) is 13.5. The van der Waals surface area contributed by atoms with Crippen LogP contribution in [-0.4, -0.2) is 29.2 Å². The van der Waals surface area contributed by atoms with Gasteiger partial charge in [-0.15, -0.1) is 0 Å². The number of hydrogen-bond donors (Lipinski definition) is 1. The normalized spacial score (nSPS) is 13.3. The molecule has 196 valence electrons. The maximum Gasteiger partial charge on any atom is 0.261 e. The summed E-state index contributed by atoms with van der Waals surface area (Å²) >= 11 is 0. The molecule has 4 aromatic carbocycles. The summed E-state index contributed by atoms with van der Waals surface area (Å²) in [6.07, 6.45) is 3.23. The quantitative estimate of drug-likeness (QED) is 0.180. The van der Waals surface area contributed by atoms with Gasteiger partial charge in [-0.2, -0.15) is 0 Å². The fraction of sp³-hybridized carbons (Fsp3) is 0.206. The van der Waals surface area contributed by atoms with Crippen LogP contribution in [-0.2, 0) is 11.2 Å². The van der Waals surface area contributed by atoms with Crippen LogP contribution < -0.4 is 5.32 Å². The molecule has 0 bridgehead atoms. The Morgan fingerprint density at radius 2 is 1.21 bits per heavy atom. The van der Waals surface area contributed by atoms with Gasteiger partial charge < -0.3 is 5.32 Å². The zero-order valence-electron chi connectivity index (χ0n) is 21.9. The zero-order chi connectivity index (χ0) is 27.0. The van der Waals surface area contributed by atoms with E-state index in [9.17, 15) is 14.4 Å². The standard InChI is InChI=1S/C34H32N2O3/c37-32(18-8-3-11-23-36-33(38)29-16-9-10-17-30(29)34(36)39)35-31(24-25-12-4-1-5-13-25)28-21-19-27(20-22-28)26-14-6-2-7-15-26/h1-2,4-7,9-10,12-17,19-22,31H,3,8,11,18,23-24H2,(H,35,37)/t31-/m1/s1. The summed E-state index contributed by atoms with van der Waals surface area (Å²) in [6.45, 7) is 0.373. The lowest BCUT2D eigenvalue weighted by Crippen LogP contribution is -2.31. The number of benzene rings is 4. The molecular weight excluding hydrogens is 484 g/mol. The molecule has 1 heterocycles. The highest BCUT2D eigenvalue weighted by Crippen LogP contribution is 2.25. The van der Waals surface area contributed by atoms with Crippen molar-refractivity contribution in [3.8, 4) is 11.1 Å². The molecule has 3 amide bonds. The highest BCUT2D eigenvalue weighted by atomic mass is 16.2. The highest BCUT2D eigenvalue weighted by molar-refractivity contribution is 6.21. The van der Waals surface area contributed by atoms with Crippen molar-refractivity contribution < 1.29 is 14.4 Å². The van der Waals surface area contributed by atoms with Gasteiger partial charge in [-0.05, 0) is 53.6 Å². The minimum atomic E-state index is -0.227. The second kappa shape index (κ2) is 12.4. The molecule has 5 nitrogen and oxygen atoms in total. The lowest BCUT2D eigenvalue weighted by Gasteiger charge is -2.20. The number of imide groups is 1. The third-order valence-corrected chi connectivity index (χ3v) is 7.20. The van der Waals surface area contributed by atoms with Crippen LogP contribution in [0.4, 0.5) is 0 Å². The van der Waals surface area contributed by atoms with Gasteiger partial charge in [0.1, 0.15) is 0 Å². The second-order valence-corrected chi connectivity index (χ2v) is 9.92. The molecule has 1 aliphatic rings. The maximum absolute atomic E-state index is 12.9. The lowest BCUT2D eigenvalue weighted by molar-refractivity contribution is -0.122. The van der Waals surface area contributed by atoms with Gasteiger partial charge in [0.05, 0.1) is 17.2 Å². The van der Waals surface area contributed by atoms with Gasteiger partial charge >= 0.3 is 0 Å². The largest absolute Gasteiger partial charge is 0.349 e. The number of carbonyl (C=O) groups is 3. The third kappa shape index (κ3) is 6.32. The Morgan fingerprint density at radius 3 is 1.85 bits per heavy atom. The molecule has 0 unspecified atom stereocenters. The summed E-state index contributed by atoms with van der Waals surface area (Å²) in [6, 6.07) is 35.6. The zero-order valence-corrected chi connectivity index (χ0v) is 21.9. The van der Waals surface area contributed by atoms with Gasteiger partial charge in [0, 0.05) is 13.0 Å². The van der Waals surface area contributed by atoms with Crippen LogP contribution in [0.5, 0.6) is 0 Å². The van der Waals surface area contributed by atoms with Crippen molar-refractivity contribution in [2.75, 3.05) is 6.54 Å². The summed E-state index contributed by atoms with van der Waals surface area (Å²) in [4.78, 5) is 39.3. The Kier molecular flexibility index (Phi) is 8.27. The van der Waals surface area contributed by atoms with Gasteiger partial charge in [0.15, 0.2) is 0 Å². The van der Waals surface area contributed by atoms with Crippen LogP contribution >= 0.6 is 0 Å². The molecule has 0 aliphatic carbocycles. The highest BCUT2D eigenvalue weighted by Gasteiger charge is 2.34. The Labute approximate surface area is 229 Å². The summed E-state index contributed by atoms with van der Waals surface area (Å²) in [5.74, 6) is -0.449. The number of rotatable bonds is 11. The summed E-state index contributed by atoms with van der Waals surface area (Å²) < 4.78 is 0. The Balaban J connectivity index is 1.15. The van der Waals surface area contributed by atoms with Crippen molar-refractivity contribution >= 4 is 17.7 Å². The molecule has 0 saturated heterocycles. The van der Waals surface area contributed by atoms with Crippen molar-refractivity contribution in [1.82, 2.24) is 10.2 Å². The lowest BCUT2D eigenvalue weighted by atomic mass is 9.96. The molecule has 1 N–H and O–H groups in total. The average Bonchev–Trinajstić information content (AvgIpc) is 3.22. The van der Waals surface area contributed by atoms with E-state index in [2.05, 4.69) is 53.8 Å². The maximum atomic E-state index is 12.9. The number of amides is 3. The Bertz CT molecular complexity index is 1400. The van der Waals surface area contributed by atoms with E-state index in [1.165, 1.54) is 4.90 Å². The fourth-order valence-corrected chi connectivity index (χ4v) is 5.08. The smallest absolute Gasteiger partial charge is 0.261 e. The second-order valence-electron chi connectivity index (χ2n) is 9.92. The van der Waals surface area contributed by atoms with Gasteiger partial charge in [0.25, 0.3) is 11.8 Å². The van der Waals surface area contributed by atoms with E-state index in [0.29, 0.717) is 43.4 Å². The molecule has 1 atom stereocenters. The van der Waals surface area contributed by atoms with E-state index in [1.54, 1.807) is 24.3 Å². The first-order valence-corrected chi connectivity index (χ1v) is 13.5. The van der Waals surface area contributed by atoms with E-state index < -0.39 is 0 Å². The minimum Gasteiger partial charge on any atom is -0.349 e. The van der Waals surface area contributed by atoms with Crippen LogP contribution in [0, 0.1) is 0 Å². The van der Waals surface area contributed by atoms with Crippen LogP contribution in [0.2, 0.25) is 0 Å². The van der Waals surface area contributed by atoms with Crippen LogP contribution in [0.15, 0.2) is 109 Å². The summed E-state index contributed by atoms with van der Waals surface area (Å²) in [5.41, 5.74) is 5.48. The molecule has 0 radical (unpaired) electrons. The number of unbranched alkanes of at least 4 members (excludes halogenated alkanes) is 2. The molecule has 1 aliphatic heterocycles. The molecule has 5 heteroatoms. The number of fused-ring (bicyclic) bond motifs is 1. The number of hydrogen-bond acceptors (Lipinski definition) is 3. The van der Waals surface area contributed by atoms with Crippen LogP contribution in [0.3, 0.4) is 0 Å². The van der Waals surface area contributed by atoms with Crippen LogP contribution in [0.25, 0.3) is 11.1 Å².